The number of amides is 1. The van der Waals surface area contributed by atoms with Crippen LogP contribution in [-0.4, -0.2) is 38.9 Å². The Kier molecular flexibility index (Phi) is 3.74. The largest absolute Gasteiger partial charge is 0.486 e. The molecule has 8 nitrogen and oxygen atoms in total. The van der Waals surface area contributed by atoms with Crippen LogP contribution < -0.4 is 14.8 Å². The number of carbonyl (C=O) groups is 1. The summed E-state index contributed by atoms with van der Waals surface area (Å²) in [7, 11) is 0. The fourth-order valence-electron chi connectivity index (χ4n) is 2.93. The summed E-state index contributed by atoms with van der Waals surface area (Å²) in [6, 6.07) is 5.42. The molecule has 0 atom stereocenters. The maximum atomic E-state index is 12.3. The molecule has 1 aliphatic carbocycles. The third-order valence-corrected chi connectivity index (χ3v) is 5.35. The molecule has 3 aromatic rings. The lowest BCUT2D eigenvalue weighted by Crippen LogP contribution is -2.16. The smallest absolute Gasteiger partial charge is 0.234 e. The highest BCUT2D eigenvalue weighted by atomic mass is 32.1. The van der Waals surface area contributed by atoms with E-state index >= 15 is 0 Å². The number of carbonyl (C=O) groups excluding carboxylic acids is 1. The van der Waals surface area contributed by atoms with Gasteiger partial charge in [-0.15, -0.1) is 10.2 Å². The van der Waals surface area contributed by atoms with Crippen molar-refractivity contribution < 1.29 is 14.3 Å². The highest BCUT2D eigenvalue weighted by Crippen LogP contribution is 2.39. The SMILES string of the molecule is O=C(CCc1nn2c(C3CC3)nnc2s1)Nc1ccc2c(c1)OCCO2. The molecule has 3 heterocycles. The van der Waals surface area contributed by atoms with Gasteiger partial charge in [0.05, 0.1) is 0 Å². The molecule has 0 bridgehead atoms. The van der Waals surface area contributed by atoms with E-state index in [1.165, 1.54) is 11.3 Å². The number of rotatable bonds is 5. The number of hydrogen-bond acceptors (Lipinski definition) is 7. The number of hydrogen-bond donors (Lipinski definition) is 1. The second-order valence-corrected chi connectivity index (χ2v) is 7.47. The van der Waals surface area contributed by atoms with Crippen molar-refractivity contribution in [3.8, 4) is 11.5 Å². The first-order valence-electron chi connectivity index (χ1n) is 8.67. The molecule has 1 aliphatic heterocycles. The Morgan fingerprint density at radius 3 is 2.92 bits per heavy atom. The lowest BCUT2D eigenvalue weighted by Gasteiger charge is -2.18. The van der Waals surface area contributed by atoms with E-state index in [0.717, 1.165) is 28.6 Å². The van der Waals surface area contributed by atoms with Crippen LogP contribution in [0.1, 0.15) is 36.0 Å². The van der Waals surface area contributed by atoms with Gasteiger partial charge < -0.3 is 14.8 Å². The third-order valence-electron chi connectivity index (χ3n) is 4.39. The normalized spacial score (nSPS) is 16.0. The Hall–Kier alpha value is -2.68. The first-order chi connectivity index (χ1) is 12.8. The van der Waals surface area contributed by atoms with Crippen molar-refractivity contribution in [1.82, 2.24) is 19.8 Å². The Morgan fingerprint density at radius 1 is 1.23 bits per heavy atom. The molecule has 1 saturated carbocycles. The third kappa shape index (κ3) is 2.98. The van der Waals surface area contributed by atoms with E-state index in [9.17, 15) is 4.79 Å². The van der Waals surface area contributed by atoms with Gasteiger partial charge in [-0.25, -0.2) is 0 Å². The number of ether oxygens (including phenoxy) is 2. The topological polar surface area (TPSA) is 90.6 Å². The first kappa shape index (κ1) is 15.6. The molecule has 0 spiro atoms. The van der Waals surface area contributed by atoms with Gasteiger partial charge in [-0.3, -0.25) is 4.79 Å². The maximum Gasteiger partial charge on any atom is 0.234 e. The molecule has 0 radical (unpaired) electrons. The van der Waals surface area contributed by atoms with E-state index in [4.69, 9.17) is 9.47 Å². The van der Waals surface area contributed by atoms with Gasteiger partial charge in [0.2, 0.25) is 10.9 Å². The molecule has 1 aromatic carbocycles. The molecule has 2 aromatic heterocycles. The summed E-state index contributed by atoms with van der Waals surface area (Å²) < 4.78 is 12.8. The Bertz CT molecular complexity index is 978. The number of nitrogens with zero attached hydrogens (tertiary/aromatic N) is 4. The van der Waals surface area contributed by atoms with Crippen molar-refractivity contribution in [2.45, 2.75) is 31.6 Å². The fourth-order valence-corrected chi connectivity index (χ4v) is 3.77. The zero-order valence-electron chi connectivity index (χ0n) is 14.0. The highest BCUT2D eigenvalue weighted by Gasteiger charge is 2.30. The molecule has 0 unspecified atom stereocenters. The summed E-state index contributed by atoms with van der Waals surface area (Å²) in [4.78, 5) is 13.1. The van der Waals surface area contributed by atoms with E-state index in [-0.39, 0.29) is 5.91 Å². The minimum Gasteiger partial charge on any atom is -0.486 e. The molecular weight excluding hydrogens is 354 g/mol. The van der Waals surface area contributed by atoms with Gasteiger partial charge >= 0.3 is 0 Å². The molecule has 1 amide bonds. The molecule has 1 N–H and O–H groups in total. The molecule has 134 valence electrons. The number of fused-ring (bicyclic) bond motifs is 2. The zero-order chi connectivity index (χ0) is 17.5. The lowest BCUT2D eigenvalue weighted by molar-refractivity contribution is -0.116. The fraction of sp³-hybridized carbons (Fsp3) is 0.412. The number of nitrogens with one attached hydrogen (secondary N) is 1. The standard InChI is InChI=1S/C17H17N5O3S/c23-14(18-11-3-4-12-13(9-11)25-8-7-24-12)5-6-15-21-22-16(10-1-2-10)19-20-17(22)26-15/h3-4,9-10H,1-2,5-8H2,(H,18,23). The summed E-state index contributed by atoms with van der Waals surface area (Å²) >= 11 is 1.49. The monoisotopic (exact) mass is 371 g/mol. The molecule has 9 heteroatoms. The molecule has 2 aliphatic rings. The quantitative estimate of drug-likeness (QED) is 0.741. The van der Waals surface area contributed by atoms with Gasteiger partial charge in [0.25, 0.3) is 0 Å². The van der Waals surface area contributed by atoms with E-state index < -0.39 is 0 Å². The number of benzene rings is 1. The number of aromatic nitrogens is 4. The minimum atomic E-state index is -0.0601. The maximum absolute atomic E-state index is 12.3. The summed E-state index contributed by atoms with van der Waals surface area (Å²) in [5.74, 6) is 2.76. The van der Waals surface area contributed by atoms with Crippen LogP contribution in [0.5, 0.6) is 11.5 Å². The van der Waals surface area contributed by atoms with Crippen LogP contribution in [-0.2, 0) is 11.2 Å². The predicted octanol–water partition coefficient (Wildman–Crippen LogP) is 2.41. The van der Waals surface area contributed by atoms with Gasteiger partial charge in [0.15, 0.2) is 17.3 Å². The van der Waals surface area contributed by atoms with Crippen molar-refractivity contribution in [3.63, 3.8) is 0 Å². The van der Waals surface area contributed by atoms with Gasteiger partial charge in [0, 0.05) is 30.5 Å². The summed E-state index contributed by atoms with van der Waals surface area (Å²) in [5, 5.41) is 16.7. The summed E-state index contributed by atoms with van der Waals surface area (Å²) in [6.07, 6.45) is 3.25. The Morgan fingerprint density at radius 2 is 2.08 bits per heavy atom. The first-order valence-corrected chi connectivity index (χ1v) is 9.48. The highest BCUT2D eigenvalue weighted by molar-refractivity contribution is 7.16. The van der Waals surface area contributed by atoms with Crippen molar-refractivity contribution in [1.29, 1.82) is 0 Å². The molecule has 1 fully saturated rings. The van der Waals surface area contributed by atoms with Gasteiger partial charge in [-0.05, 0) is 25.0 Å². The second kappa shape index (κ2) is 6.24. The van der Waals surface area contributed by atoms with E-state index in [1.807, 2.05) is 16.6 Å². The van der Waals surface area contributed by atoms with Crippen LogP contribution >= 0.6 is 11.3 Å². The lowest BCUT2D eigenvalue weighted by atomic mass is 10.2. The Balaban J connectivity index is 1.22. The summed E-state index contributed by atoms with van der Waals surface area (Å²) in [6.45, 7) is 1.07. The number of aryl methyl sites for hydroxylation is 1. The molecule has 5 rings (SSSR count). The average molecular weight is 371 g/mol. The van der Waals surface area contributed by atoms with Crippen molar-refractivity contribution >= 4 is 27.9 Å². The van der Waals surface area contributed by atoms with Crippen molar-refractivity contribution in [2.75, 3.05) is 18.5 Å². The molecule has 26 heavy (non-hydrogen) atoms. The van der Waals surface area contributed by atoms with E-state index in [1.54, 1.807) is 6.07 Å². The molecule has 0 saturated heterocycles. The van der Waals surface area contributed by atoms with E-state index in [2.05, 4.69) is 20.6 Å². The van der Waals surface area contributed by atoms with Crippen LogP contribution in [0, 0.1) is 0 Å². The van der Waals surface area contributed by atoms with Gasteiger partial charge in [0.1, 0.15) is 18.2 Å². The Labute approximate surface area is 153 Å². The molecular formula is C17H17N5O3S. The van der Waals surface area contributed by atoms with Gasteiger partial charge in [-0.2, -0.15) is 9.61 Å². The average Bonchev–Trinajstić information content (AvgIpc) is 3.29. The van der Waals surface area contributed by atoms with Crippen LogP contribution in [0.2, 0.25) is 0 Å². The predicted molar refractivity (Wildman–Crippen MR) is 95.0 cm³/mol. The number of anilines is 1. The summed E-state index contributed by atoms with van der Waals surface area (Å²) in [5.41, 5.74) is 0.702. The van der Waals surface area contributed by atoms with Crippen LogP contribution in [0.3, 0.4) is 0 Å². The van der Waals surface area contributed by atoms with Crippen molar-refractivity contribution in [3.05, 3.63) is 29.0 Å². The van der Waals surface area contributed by atoms with Crippen LogP contribution in [0.15, 0.2) is 18.2 Å². The second-order valence-electron chi connectivity index (χ2n) is 6.43. The van der Waals surface area contributed by atoms with Crippen molar-refractivity contribution in [2.24, 2.45) is 0 Å². The van der Waals surface area contributed by atoms with Crippen LogP contribution in [0.4, 0.5) is 5.69 Å². The van der Waals surface area contributed by atoms with Gasteiger partial charge in [-0.1, -0.05) is 11.3 Å². The minimum absolute atomic E-state index is 0.0601. The van der Waals surface area contributed by atoms with Crippen LogP contribution in [0.25, 0.3) is 4.96 Å². The zero-order valence-corrected chi connectivity index (χ0v) is 14.8. The van der Waals surface area contributed by atoms with E-state index in [0.29, 0.717) is 49.2 Å².